The van der Waals surface area contributed by atoms with E-state index in [4.69, 9.17) is 4.74 Å². The van der Waals surface area contributed by atoms with Gasteiger partial charge in [0.2, 0.25) is 5.91 Å². The fourth-order valence-electron chi connectivity index (χ4n) is 3.20. The normalized spacial score (nSPS) is 15.5. The van der Waals surface area contributed by atoms with Gasteiger partial charge in [-0.1, -0.05) is 42.5 Å². The second-order valence-corrected chi connectivity index (χ2v) is 6.30. The van der Waals surface area contributed by atoms with Crippen molar-refractivity contribution in [3.63, 3.8) is 0 Å². The number of hydrogen-bond acceptors (Lipinski definition) is 3. The molecule has 0 aromatic heterocycles. The van der Waals surface area contributed by atoms with Crippen molar-refractivity contribution in [3.05, 3.63) is 48.0 Å². The third-order valence-corrected chi connectivity index (χ3v) is 4.58. The molecule has 1 N–H and O–H groups in total. The zero-order valence-electron chi connectivity index (χ0n) is 14.2. The zero-order chi connectivity index (χ0) is 16.6. The molecule has 0 aliphatic carbocycles. The Kier molecular flexibility index (Phi) is 6.21. The maximum atomic E-state index is 12.1. The molecule has 2 aromatic carbocycles. The van der Waals surface area contributed by atoms with Crippen molar-refractivity contribution in [2.75, 3.05) is 39.4 Å². The van der Waals surface area contributed by atoms with Gasteiger partial charge < -0.3 is 10.1 Å². The Balaban J connectivity index is 1.39. The van der Waals surface area contributed by atoms with Gasteiger partial charge in [0, 0.05) is 26.1 Å². The molecular weight excluding hydrogens is 300 g/mol. The Hall–Kier alpha value is -1.91. The molecule has 0 radical (unpaired) electrons. The van der Waals surface area contributed by atoms with Crippen LogP contribution in [0.2, 0.25) is 0 Å². The predicted octanol–water partition coefficient (Wildman–Crippen LogP) is 2.61. The molecule has 0 unspecified atom stereocenters. The summed E-state index contributed by atoms with van der Waals surface area (Å²) in [6.07, 6.45) is 2.34. The van der Waals surface area contributed by atoms with E-state index < -0.39 is 0 Å². The molecule has 0 spiro atoms. The summed E-state index contributed by atoms with van der Waals surface area (Å²) < 4.78 is 5.34. The summed E-state index contributed by atoms with van der Waals surface area (Å²) >= 11 is 0. The summed E-state index contributed by atoms with van der Waals surface area (Å²) in [4.78, 5) is 14.5. The molecule has 1 heterocycles. The topological polar surface area (TPSA) is 41.6 Å². The summed E-state index contributed by atoms with van der Waals surface area (Å²) in [5, 5.41) is 5.53. The van der Waals surface area contributed by atoms with Crippen LogP contribution in [-0.4, -0.2) is 50.2 Å². The first kappa shape index (κ1) is 16.9. The van der Waals surface area contributed by atoms with Crippen LogP contribution in [0.4, 0.5) is 0 Å². The lowest BCUT2D eigenvalue weighted by molar-refractivity contribution is -0.121. The molecule has 24 heavy (non-hydrogen) atoms. The molecular formula is C20H26N2O2. The van der Waals surface area contributed by atoms with Crippen LogP contribution in [0.3, 0.4) is 0 Å². The van der Waals surface area contributed by atoms with Gasteiger partial charge in [-0.05, 0) is 35.7 Å². The number of amides is 1. The second kappa shape index (κ2) is 8.81. The van der Waals surface area contributed by atoms with Crippen molar-refractivity contribution in [1.82, 2.24) is 10.2 Å². The van der Waals surface area contributed by atoms with Gasteiger partial charge in [0.05, 0.1) is 13.2 Å². The minimum absolute atomic E-state index is 0.143. The number of hydrogen-bond donors (Lipinski definition) is 1. The van der Waals surface area contributed by atoms with E-state index in [1.165, 1.54) is 16.3 Å². The van der Waals surface area contributed by atoms with Crippen molar-refractivity contribution in [2.24, 2.45) is 0 Å². The highest BCUT2D eigenvalue weighted by Gasteiger charge is 2.10. The quantitative estimate of drug-likeness (QED) is 0.795. The number of fused-ring (bicyclic) bond motifs is 1. The number of ether oxygens (including phenoxy) is 1. The van der Waals surface area contributed by atoms with Gasteiger partial charge >= 0.3 is 0 Å². The first-order valence-corrected chi connectivity index (χ1v) is 8.86. The summed E-state index contributed by atoms with van der Waals surface area (Å²) in [5.41, 5.74) is 1.25. The first-order valence-electron chi connectivity index (χ1n) is 8.86. The number of benzene rings is 2. The third-order valence-electron chi connectivity index (χ3n) is 4.58. The first-order chi connectivity index (χ1) is 11.8. The van der Waals surface area contributed by atoms with Crippen molar-refractivity contribution < 1.29 is 9.53 Å². The summed E-state index contributed by atoms with van der Waals surface area (Å²) in [6.45, 7) is 5.47. The number of carbonyl (C=O) groups excluding carboxylic acids is 1. The van der Waals surface area contributed by atoms with Crippen molar-refractivity contribution in [2.45, 2.75) is 19.3 Å². The van der Waals surface area contributed by atoms with E-state index in [9.17, 15) is 4.79 Å². The number of nitrogens with one attached hydrogen (secondary N) is 1. The largest absolute Gasteiger partial charge is 0.379 e. The fraction of sp³-hybridized carbons (Fsp3) is 0.450. The lowest BCUT2D eigenvalue weighted by Crippen LogP contribution is -2.38. The molecule has 0 saturated carbocycles. The average molecular weight is 326 g/mol. The van der Waals surface area contributed by atoms with E-state index in [-0.39, 0.29) is 5.91 Å². The van der Waals surface area contributed by atoms with Crippen LogP contribution in [0, 0.1) is 0 Å². The lowest BCUT2D eigenvalue weighted by Gasteiger charge is -2.26. The third kappa shape index (κ3) is 4.79. The molecule has 0 atom stereocenters. The van der Waals surface area contributed by atoms with E-state index >= 15 is 0 Å². The maximum absolute atomic E-state index is 12.1. The minimum Gasteiger partial charge on any atom is -0.379 e. The van der Waals surface area contributed by atoms with E-state index in [1.807, 2.05) is 6.07 Å². The lowest BCUT2D eigenvalue weighted by atomic mass is 10.0. The Morgan fingerprint density at radius 3 is 2.75 bits per heavy atom. The Morgan fingerprint density at radius 1 is 1.08 bits per heavy atom. The molecule has 1 aliphatic heterocycles. The van der Waals surface area contributed by atoms with Gasteiger partial charge in [-0.25, -0.2) is 0 Å². The van der Waals surface area contributed by atoms with Gasteiger partial charge in [0.15, 0.2) is 0 Å². The molecule has 4 nitrogen and oxygen atoms in total. The summed E-state index contributed by atoms with van der Waals surface area (Å²) in [7, 11) is 0. The SMILES string of the molecule is O=C(CCc1cccc2ccccc12)NCCCN1CCOCC1. The predicted molar refractivity (Wildman–Crippen MR) is 97.2 cm³/mol. The molecule has 1 amide bonds. The zero-order valence-corrected chi connectivity index (χ0v) is 14.2. The molecule has 1 aliphatic rings. The number of aryl methyl sites for hydroxylation is 1. The van der Waals surface area contributed by atoms with Crippen LogP contribution >= 0.6 is 0 Å². The average Bonchev–Trinajstić information content (AvgIpc) is 2.64. The number of carbonyl (C=O) groups is 1. The van der Waals surface area contributed by atoms with Gasteiger partial charge in [0.25, 0.3) is 0 Å². The van der Waals surface area contributed by atoms with Crippen LogP contribution in [0.1, 0.15) is 18.4 Å². The van der Waals surface area contributed by atoms with Crippen molar-refractivity contribution >= 4 is 16.7 Å². The van der Waals surface area contributed by atoms with E-state index in [2.05, 4.69) is 46.6 Å². The molecule has 4 heteroatoms. The highest BCUT2D eigenvalue weighted by molar-refractivity contribution is 5.86. The Labute approximate surface area is 143 Å². The number of rotatable bonds is 7. The monoisotopic (exact) mass is 326 g/mol. The molecule has 1 saturated heterocycles. The van der Waals surface area contributed by atoms with Crippen molar-refractivity contribution in [1.29, 1.82) is 0 Å². The van der Waals surface area contributed by atoms with E-state index in [0.717, 1.165) is 52.2 Å². The molecule has 0 bridgehead atoms. The summed E-state index contributed by atoms with van der Waals surface area (Å²) in [5.74, 6) is 0.143. The van der Waals surface area contributed by atoms with Crippen LogP contribution in [-0.2, 0) is 16.0 Å². The molecule has 3 rings (SSSR count). The molecule has 1 fully saturated rings. The van der Waals surface area contributed by atoms with E-state index in [1.54, 1.807) is 0 Å². The number of nitrogens with zero attached hydrogens (tertiary/aromatic N) is 1. The maximum Gasteiger partial charge on any atom is 0.220 e. The molecule has 128 valence electrons. The van der Waals surface area contributed by atoms with Gasteiger partial charge in [-0.3, -0.25) is 9.69 Å². The highest BCUT2D eigenvalue weighted by atomic mass is 16.5. The van der Waals surface area contributed by atoms with Crippen molar-refractivity contribution in [3.8, 4) is 0 Å². The Bertz CT molecular complexity index is 660. The number of morpholine rings is 1. The smallest absolute Gasteiger partial charge is 0.220 e. The summed E-state index contributed by atoms with van der Waals surface area (Å²) in [6, 6.07) is 14.6. The van der Waals surface area contributed by atoms with Gasteiger partial charge in [-0.15, -0.1) is 0 Å². The van der Waals surface area contributed by atoms with E-state index in [0.29, 0.717) is 6.42 Å². The highest BCUT2D eigenvalue weighted by Crippen LogP contribution is 2.19. The second-order valence-electron chi connectivity index (χ2n) is 6.30. The minimum atomic E-state index is 0.143. The van der Waals surface area contributed by atoms with Crippen LogP contribution in [0.25, 0.3) is 10.8 Å². The van der Waals surface area contributed by atoms with Crippen LogP contribution in [0.15, 0.2) is 42.5 Å². The van der Waals surface area contributed by atoms with Gasteiger partial charge in [-0.2, -0.15) is 0 Å². The molecule has 2 aromatic rings. The van der Waals surface area contributed by atoms with Gasteiger partial charge in [0.1, 0.15) is 0 Å². The standard InChI is InChI=1S/C20H26N2O2/c23-20(21-11-4-12-22-13-15-24-16-14-22)10-9-18-7-3-6-17-5-1-2-8-19(17)18/h1-3,5-8H,4,9-16H2,(H,21,23). The fourth-order valence-corrected chi connectivity index (χ4v) is 3.20. The van der Waals surface area contributed by atoms with Crippen LogP contribution < -0.4 is 5.32 Å². The van der Waals surface area contributed by atoms with Crippen LogP contribution in [0.5, 0.6) is 0 Å². The Morgan fingerprint density at radius 2 is 1.88 bits per heavy atom.